The number of aliphatic hydroxyl groups excluding tert-OH is 1. The van der Waals surface area contributed by atoms with E-state index in [9.17, 15) is 45.8 Å². The number of rotatable bonds is 10. The van der Waals surface area contributed by atoms with Crippen LogP contribution in [0.2, 0.25) is 0 Å². The largest absolute Gasteiger partial charge is 0.426 e. The Bertz CT molecular complexity index is 3630. The number of benzene rings is 2. The molecule has 0 atom stereocenters. The molecule has 22 heteroatoms. The van der Waals surface area contributed by atoms with E-state index in [1.165, 1.54) is 65.3 Å². The van der Waals surface area contributed by atoms with Gasteiger partial charge in [0.2, 0.25) is 0 Å². The number of nitrogens with zero attached hydrogens (tertiary/aromatic N) is 8. The Balaban J connectivity index is 0.000000176. The van der Waals surface area contributed by atoms with Gasteiger partial charge in [0.25, 0.3) is 11.8 Å². The predicted octanol–water partition coefficient (Wildman–Crippen LogP) is 11.2. The first-order valence-corrected chi connectivity index (χ1v) is 22.8. The van der Waals surface area contributed by atoms with E-state index in [-0.39, 0.29) is 50.3 Å². The molecule has 0 fully saturated rings. The molecule has 3 N–H and O–H groups in total. The third-order valence-corrected chi connectivity index (χ3v) is 13.4. The van der Waals surface area contributed by atoms with Crippen LogP contribution in [0.25, 0.3) is 56.1 Å². The van der Waals surface area contributed by atoms with Gasteiger partial charge < -0.3 is 15.7 Å². The van der Waals surface area contributed by atoms with Gasteiger partial charge >= 0.3 is 12.4 Å². The van der Waals surface area contributed by atoms with E-state index in [1.807, 2.05) is 60.7 Å². The number of anilines is 2. The number of carbonyl (C=O) groups excluding carboxylic acids is 3. The van der Waals surface area contributed by atoms with Crippen molar-refractivity contribution in [3.63, 3.8) is 0 Å². The van der Waals surface area contributed by atoms with Crippen LogP contribution in [-0.4, -0.2) is 61.0 Å². The number of amides is 2. The van der Waals surface area contributed by atoms with Crippen molar-refractivity contribution < 1.29 is 45.8 Å². The molecule has 71 heavy (non-hydrogen) atoms. The number of fused-ring (bicyclic) bond motifs is 2. The maximum absolute atomic E-state index is 13.8. The number of hydrogen-bond acceptors (Lipinski definition) is 10. The van der Waals surface area contributed by atoms with Crippen molar-refractivity contribution in [3.8, 4) is 44.8 Å². The average Bonchev–Trinajstić information content (AvgIpc) is 4.21. The number of nitrogens with one attached hydrogen (secondary N) is 2. The summed E-state index contributed by atoms with van der Waals surface area (Å²) in [5.74, 6) is -1.66. The number of carbonyl (C=O) groups is 3. The predicted molar refractivity (Wildman–Crippen MR) is 256 cm³/mol. The van der Waals surface area contributed by atoms with Crippen molar-refractivity contribution in [1.29, 1.82) is 0 Å². The highest BCUT2D eigenvalue weighted by Crippen LogP contribution is 2.45. The number of alkyl halides is 6. The normalized spacial score (nSPS) is 11.7. The van der Waals surface area contributed by atoms with Crippen LogP contribution in [0.5, 0.6) is 0 Å². The summed E-state index contributed by atoms with van der Waals surface area (Å²) in [4.78, 5) is 45.2. The third kappa shape index (κ3) is 9.59. The number of aryl methyl sites for hydroxylation is 2. The molecule has 14 nitrogen and oxygen atoms in total. The Morgan fingerprint density at radius 1 is 0.592 bits per heavy atom. The number of hydrogen-bond donors (Lipinski definition) is 3. The van der Waals surface area contributed by atoms with Crippen molar-refractivity contribution in [2.24, 2.45) is 14.1 Å². The van der Waals surface area contributed by atoms with E-state index in [2.05, 4.69) is 30.8 Å². The van der Waals surface area contributed by atoms with Crippen molar-refractivity contribution in [3.05, 3.63) is 165 Å². The van der Waals surface area contributed by atoms with Gasteiger partial charge in [-0.3, -0.25) is 32.5 Å². The lowest BCUT2D eigenvalue weighted by molar-refractivity contribution is -0.134. The number of thiophene rings is 2. The summed E-state index contributed by atoms with van der Waals surface area (Å²) >= 11 is 0.709. The highest BCUT2D eigenvalue weighted by atomic mass is 32.1. The summed E-state index contributed by atoms with van der Waals surface area (Å²) < 4.78 is 88.8. The van der Waals surface area contributed by atoms with E-state index in [0.717, 1.165) is 11.1 Å². The maximum Gasteiger partial charge on any atom is 0.426 e. The van der Waals surface area contributed by atoms with E-state index < -0.39 is 33.9 Å². The Morgan fingerprint density at radius 3 is 1.44 bits per heavy atom. The van der Waals surface area contributed by atoms with Crippen molar-refractivity contribution >= 4 is 62.9 Å². The molecular weight excluding hydrogens is 971 g/mol. The minimum absolute atomic E-state index is 0.117. The van der Waals surface area contributed by atoms with E-state index in [0.29, 0.717) is 62.2 Å². The van der Waals surface area contributed by atoms with Gasteiger partial charge in [-0.2, -0.15) is 36.5 Å². The summed E-state index contributed by atoms with van der Waals surface area (Å²) in [5, 5.41) is 23.3. The monoisotopic (exact) mass is 1010 g/mol. The van der Waals surface area contributed by atoms with Gasteiger partial charge in [-0.1, -0.05) is 60.7 Å². The second-order valence-corrected chi connectivity index (χ2v) is 17.9. The first-order chi connectivity index (χ1) is 33.9. The van der Waals surface area contributed by atoms with Gasteiger partial charge in [0, 0.05) is 68.1 Å². The Labute approximate surface area is 406 Å². The van der Waals surface area contributed by atoms with Gasteiger partial charge in [-0.15, -0.1) is 22.7 Å². The number of halogens is 6. The van der Waals surface area contributed by atoms with Crippen molar-refractivity contribution in [2.75, 3.05) is 10.6 Å². The number of Topliss-reactive ketones (excluding diaryl/α,β-unsaturated/α-hetero) is 1. The first-order valence-electron chi connectivity index (χ1n) is 21.2. The summed E-state index contributed by atoms with van der Waals surface area (Å²) in [7, 11) is 3.20. The molecule has 0 saturated carbocycles. The Morgan fingerprint density at radius 2 is 1.03 bits per heavy atom. The minimum atomic E-state index is -4.66. The van der Waals surface area contributed by atoms with Crippen LogP contribution in [0.3, 0.4) is 0 Å². The zero-order valence-corrected chi connectivity index (χ0v) is 38.9. The second-order valence-electron chi connectivity index (χ2n) is 15.8. The molecule has 0 unspecified atom stereocenters. The molecule has 0 aliphatic heterocycles. The molecule has 0 radical (unpaired) electrons. The van der Waals surface area contributed by atoms with Gasteiger partial charge in [-0.05, 0) is 47.5 Å². The lowest BCUT2D eigenvalue weighted by Gasteiger charge is -2.13. The summed E-state index contributed by atoms with van der Waals surface area (Å²) in [5.41, 5.74) is 4.80. The first kappa shape index (κ1) is 47.8. The lowest BCUT2D eigenvalue weighted by Crippen LogP contribution is -2.13. The lowest BCUT2D eigenvalue weighted by atomic mass is 10.0. The van der Waals surface area contributed by atoms with Crippen LogP contribution in [0, 0.1) is 0 Å². The van der Waals surface area contributed by atoms with E-state index in [1.54, 1.807) is 47.4 Å². The fourth-order valence-electron chi connectivity index (χ4n) is 7.77. The van der Waals surface area contributed by atoms with Gasteiger partial charge in [-0.25, -0.2) is 9.97 Å². The average molecular weight is 1010 g/mol. The summed E-state index contributed by atoms with van der Waals surface area (Å²) in [6.07, 6.45) is 0.0254. The Hall–Kier alpha value is -8.21. The highest BCUT2D eigenvalue weighted by molar-refractivity contribution is 7.15. The summed E-state index contributed by atoms with van der Waals surface area (Å²) in [6, 6.07) is 27.2. The van der Waals surface area contributed by atoms with Gasteiger partial charge in [0.1, 0.15) is 15.4 Å². The topological polar surface area (TPSA) is 166 Å². The van der Waals surface area contributed by atoms with Gasteiger partial charge in [0.05, 0.1) is 57.2 Å². The van der Waals surface area contributed by atoms with Gasteiger partial charge in [0.15, 0.2) is 17.1 Å². The SMILES string of the molecule is CC(=O)c1cnc2c(NC(=O)c3cc(-c4ccn(C)n4)c(C(F)(F)F)s3)c(-c3ccccc3)ccn12.Cn1ccc(-c2cc(C(=O)Nc3c(-c4ccccc4)ccn4c(CO)cnc34)sc2C(F)(F)F)n1. The molecule has 8 heterocycles. The van der Waals surface area contributed by atoms with Crippen LogP contribution in [0.1, 0.15) is 52.2 Å². The number of aromatic nitrogens is 8. The van der Waals surface area contributed by atoms with E-state index in [4.69, 9.17) is 0 Å². The van der Waals surface area contributed by atoms with Crippen LogP contribution >= 0.6 is 22.7 Å². The van der Waals surface area contributed by atoms with Crippen molar-refractivity contribution in [2.45, 2.75) is 25.9 Å². The number of imidazole rings is 2. The van der Waals surface area contributed by atoms with Crippen LogP contribution < -0.4 is 10.6 Å². The molecule has 10 aromatic rings. The number of ketones is 1. The van der Waals surface area contributed by atoms with E-state index >= 15 is 0 Å². The van der Waals surface area contributed by atoms with Crippen LogP contribution in [-0.2, 0) is 33.1 Å². The summed E-state index contributed by atoms with van der Waals surface area (Å²) in [6.45, 7) is 1.13. The fraction of sp³-hybridized carbons (Fsp3) is 0.122. The number of aliphatic hydroxyl groups is 1. The molecule has 0 aliphatic rings. The zero-order chi connectivity index (χ0) is 50.4. The Kier molecular flexibility index (Phi) is 12.8. The maximum atomic E-state index is 13.8. The smallest absolute Gasteiger partial charge is 0.390 e. The number of pyridine rings is 2. The molecule has 10 rings (SSSR count). The molecule has 0 spiro atoms. The van der Waals surface area contributed by atoms with Crippen molar-refractivity contribution in [1.82, 2.24) is 38.3 Å². The quantitative estimate of drug-likeness (QED) is 0.0899. The standard InChI is InChI=1S/C25H18F3N5O2S.C24H18F3N5O2S/c1-14(34)19-13-29-23-21(16(8-11-33(19)23)15-6-4-3-5-7-15)30-24(35)20-12-17(18-9-10-32(2)31-18)22(36-20)25(26,27)28;1-31-9-8-18(30-31)17-11-19(35-21(17)24(25,26)27)23(34)29-20-16(14-5-3-2-4-6-14)7-10-32-15(13-33)12-28-22(20)32/h3-13H,1-2H3,(H,30,35);2-12,33H,13H2,1H3,(H,29,34). The minimum Gasteiger partial charge on any atom is -0.390 e. The molecule has 2 amide bonds. The van der Waals surface area contributed by atoms with Crippen LogP contribution in [0.15, 0.2) is 134 Å². The third-order valence-electron chi connectivity index (χ3n) is 11.0. The second kappa shape index (κ2) is 18.9. The molecule has 360 valence electrons. The molecular formula is C49H36F6N10O4S2. The fourth-order valence-corrected chi connectivity index (χ4v) is 9.62. The van der Waals surface area contributed by atoms with Crippen LogP contribution in [0.4, 0.5) is 37.7 Å². The molecule has 0 aliphatic carbocycles. The zero-order valence-electron chi connectivity index (χ0n) is 37.2. The molecule has 0 saturated heterocycles. The molecule has 2 aromatic carbocycles. The molecule has 0 bridgehead atoms. The molecule has 8 aromatic heterocycles. The highest BCUT2D eigenvalue weighted by Gasteiger charge is 2.39.